The summed E-state index contributed by atoms with van der Waals surface area (Å²) in [4.78, 5) is 5.33. The molecule has 1 aliphatic rings. The Morgan fingerprint density at radius 3 is 2.62 bits per heavy atom. The zero-order chi connectivity index (χ0) is 21.4. The summed E-state index contributed by atoms with van der Waals surface area (Å²) >= 11 is 5.80. The van der Waals surface area contributed by atoms with Gasteiger partial charge in [-0.05, 0) is 29.3 Å². The lowest BCUT2D eigenvalue weighted by Gasteiger charge is -2.23. The quantitative estimate of drug-likeness (QED) is 0.699. The fourth-order valence-electron chi connectivity index (χ4n) is 3.13. The normalized spacial score (nSPS) is 20.9. The first-order chi connectivity index (χ1) is 13.5. The number of halogens is 5. The standard InChI is InChI=1S/C18H17ClF4N2O3S/c1-25-17(12-5-6-15(20)14(19)8-12)16(10-28-25)29(26,27)24-9-11-3-2-4-13(7-11)18(21,22)23/h2-8,16-17,24H,9-10H2,1H3/t16-,17+/m0/s1. The molecule has 1 fully saturated rings. The predicted octanol–water partition coefficient (Wildman–Crippen LogP) is 3.90. The highest BCUT2D eigenvalue weighted by Gasteiger charge is 2.43. The summed E-state index contributed by atoms with van der Waals surface area (Å²) in [7, 11) is -2.46. The monoisotopic (exact) mass is 452 g/mol. The van der Waals surface area contributed by atoms with E-state index in [4.69, 9.17) is 16.4 Å². The van der Waals surface area contributed by atoms with E-state index < -0.39 is 38.9 Å². The lowest BCUT2D eigenvalue weighted by molar-refractivity contribution is -0.137. The van der Waals surface area contributed by atoms with E-state index in [0.717, 1.165) is 18.2 Å². The van der Waals surface area contributed by atoms with Gasteiger partial charge in [0.15, 0.2) is 0 Å². The number of rotatable bonds is 5. The SMILES string of the molecule is CN1OC[C@H](S(=O)(=O)NCc2cccc(C(F)(F)F)c2)[C@H]1c1ccc(F)c(Cl)c1. The maximum absolute atomic E-state index is 13.5. The predicted molar refractivity (Wildman–Crippen MR) is 98.9 cm³/mol. The topological polar surface area (TPSA) is 58.6 Å². The molecule has 2 aromatic carbocycles. The lowest BCUT2D eigenvalue weighted by atomic mass is 10.0. The molecule has 0 bridgehead atoms. The minimum absolute atomic E-state index is 0.157. The first-order valence-corrected chi connectivity index (χ1v) is 10.4. The number of alkyl halides is 3. The van der Waals surface area contributed by atoms with Crippen molar-refractivity contribution in [3.63, 3.8) is 0 Å². The Balaban J connectivity index is 1.80. The van der Waals surface area contributed by atoms with E-state index in [-0.39, 0.29) is 23.7 Å². The molecular formula is C18H17ClF4N2O3S. The van der Waals surface area contributed by atoms with Crippen molar-refractivity contribution in [2.75, 3.05) is 13.7 Å². The van der Waals surface area contributed by atoms with Gasteiger partial charge in [0.05, 0.1) is 23.2 Å². The fraction of sp³-hybridized carbons (Fsp3) is 0.333. The van der Waals surface area contributed by atoms with Crippen LogP contribution in [0.15, 0.2) is 42.5 Å². The number of hydroxylamine groups is 2. The van der Waals surface area contributed by atoms with Gasteiger partial charge in [0.25, 0.3) is 0 Å². The van der Waals surface area contributed by atoms with Crippen LogP contribution in [0.25, 0.3) is 0 Å². The molecule has 0 aromatic heterocycles. The summed E-state index contributed by atoms with van der Waals surface area (Å²) in [6.07, 6.45) is -4.52. The van der Waals surface area contributed by atoms with Gasteiger partial charge in [-0.25, -0.2) is 17.5 Å². The van der Waals surface area contributed by atoms with Crippen molar-refractivity contribution in [1.29, 1.82) is 0 Å². The molecule has 29 heavy (non-hydrogen) atoms. The highest BCUT2D eigenvalue weighted by molar-refractivity contribution is 7.90. The van der Waals surface area contributed by atoms with E-state index in [9.17, 15) is 26.0 Å². The number of sulfonamides is 1. The second-order valence-electron chi connectivity index (χ2n) is 6.56. The Morgan fingerprint density at radius 1 is 1.24 bits per heavy atom. The summed E-state index contributed by atoms with van der Waals surface area (Å²) in [5.41, 5.74) is -0.264. The molecule has 158 valence electrons. The van der Waals surface area contributed by atoms with Crippen molar-refractivity contribution in [3.8, 4) is 0 Å². The molecule has 11 heteroatoms. The second-order valence-corrected chi connectivity index (χ2v) is 8.95. The number of hydrogen-bond acceptors (Lipinski definition) is 4. The van der Waals surface area contributed by atoms with Crippen molar-refractivity contribution in [2.45, 2.75) is 24.0 Å². The summed E-state index contributed by atoms with van der Waals surface area (Å²) in [6.45, 7) is -0.489. The molecule has 0 aliphatic carbocycles. The third-order valence-corrected chi connectivity index (χ3v) is 6.63. The maximum atomic E-state index is 13.5. The highest BCUT2D eigenvalue weighted by atomic mass is 35.5. The van der Waals surface area contributed by atoms with Gasteiger partial charge >= 0.3 is 6.18 Å². The van der Waals surface area contributed by atoms with Crippen molar-refractivity contribution >= 4 is 21.6 Å². The summed E-state index contributed by atoms with van der Waals surface area (Å²) in [6, 6.07) is 7.49. The largest absolute Gasteiger partial charge is 0.416 e. The first-order valence-electron chi connectivity index (χ1n) is 8.44. The molecule has 1 N–H and O–H groups in total. The Kier molecular flexibility index (Phi) is 6.21. The van der Waals surface area contributed by atoms with Crippen molar-refractivity contribution < 1.29 is 30.8 Å². The van der Waals surface area contributed by atoms with Crippen LogP contribution < -0.4 is 4.72 Å². The minimum atomic E-state index is -4.52. The van der Waals surface area contributed by atoms with E-state index in [1.54, 1.807) is 0 Å². The van der Waals surface area contributed by atoms with Crippen molar-refractivity contribution in [3.05, 3.63) is 70.0 Å². The third-order valence-electron chi connectivity index (χ3n) is 4.60. The van der Waals surface area contributed by atoms with Gasteiger partial charge in [0, 0.05) is 13.6 Å². The molecule has 1 heterocycles. The van der Waals surface area contributed by atoms with Crippen molar-refractivity contribution in [1.82, 2.24) is 9.79 Å². The Labute approximate surface area is 170 Å². The molecule has 0 unspecified atom stereocenters. The average molecular weight is 453 g/mol. The highest BCUT2D eigenvalue weighted by Crippen LogP contribution is 2.35. The average Bonchev–Trinajstić information content (AvgIpc) is 3.04. The van der Waals surface area contributed by atoms with Crippen LogP contribution in [0.3, 0.4) is 0 Å². The van der Waals surface area contributed by atoms with Crippen LogP contribution in [0.4, 0.5) is 17.6 Å². The fourth-order valence-corrected chi connectivity index (χ4v) is 4.80. The first kappa shape index (κ1) is 22.0. The van der Waals surface area contributed by atoms with E-state index >= 15 is 0 Å². The minimum Gasteiger partial charge on any atom is -0.297 e. The molecule has 5 nitrogen and oxygen atoms in total. The maximum Gasteiger partial charge on any atom is 0.416 e. The second kappa shape index (κ2) is 8.19. The van der Waals surface area contributed by atoms with E-state index in [1.165, 1.54) is 36.4 Å². The van der Waals surface area contributed by atoms with Crippen LogP contribution in [0.1, 0.15) is 22.7 Å². The zero-order valence-corrected chi connectivity index (χ0v) is 16.7. The molecule has 0 radical (unpaired) electrons. The molecule has 0 spiro atoms. The van der Waals surface area contributed by atoms with Crippen LogP contribution in [-0.4, -0.2) is 32.4 Å². The van der Waals surface area contributed by atoms with E-state index in [2.05, 4.69) is 4.72 Å². The number of nitrogens with zero attached hydrogens (tertiary/aromatic N) is 1. The van der Waals surface area contributed by atoms with Gasteiger partial charge in [-0.15, -0.1) is 0 Å². The van der Waals surface area contributed by atoms with Crippen LogP contribution in [-0.2, 0) is 27.6 Å². The van der Waals surface area contributed by atoms with Gasteiger partial charge in [-0.2, -0.15) is 18.2 Å². The van der Waals surface area contributed by atoms with Gasteiger partial charge in [-0.1, -0.05) is 35.9 Å². The molecule has 1 saturated heterocycles. The van der Waals surface area contributed by atoms with Gasteiger partial charge < -0.3 is 0 Å². The Morgan fingerprint density at radius 2 is 1.97 bits per heavy atom. The zero-order valence-electron chi connectivity index (χ0n) is 15.1. The van der Waals surface area contributed by atoms with Crippen LogP contribution in [0.5, 0.6) is 0 Å². The smallest absolute Gasteiger partial charge is 0.297 e. The summed E-state index contributed by atoms with van der Waals surface area (Å²) < 4.78 is 79.9. The Hall–Kier alpha value is -1.72. The van der Waals surface area contributed by atoms with Crippen molar-refractivity contribution in [2.24, 2.45) is 0 Å². The number of benzene rings is 2. The van der Waals surface area contributed by atoms with Gasteiger partial charge in [0.1, 0.15) is 11.1 Å². The van der Waals surface area contributed by atoms with Crippen LogP contribution >= 0.6 is 11.6 Å². The molecule has 1 aliphatic heterocycles. The van der Waals surface area contributed by atoms with Crippen LogP contribution in [0, 0.1) is 5.82 Å². The number of hydrogen-bond donors (Lipinski definition) is 1. The van der Waals surface area contributed by atoms with Gasteiger partial charge in [-0.3, -0.25) is 4.84 Å². The van der Waals surface area contributed by atoms with Gasteiger partial charge in [0.2, 0.25) is 10.0 Å². The summed E-state index contributed by atoms with van der Waals surface area (Å²) in [5.74, 6) is -0.640. The van der Waals surface area contributed by atoms with E-state index in [1.807, 2.05) is 0 Å². The molecule has 0 saturated carbocycles. The van der Waals surface area contributed by atoms with Crippen LogP contribution in [0.2, 0.25) is 5.02 Å². The number of nitrogens with one attached hydrogen (secondary N) is 1. The molecular weight excluding hydrogens is 436 g/mol. The third kappa shape index (κ3) is 4.89. The molecule has 2 atom stereocenters. The lowest BCUT2D eigenvalue weighted by Crippen LogP contribution is -2.39. The Bertz CT molecular complexity index is 1000. The molecule has 2 aromatic rings. The van der Waals surface area contributed by atoms with E-state index in [0.29, 0.717) is 5.56 Å². The summed E-state index contributed by atoms with van der Waals surface area (Å²) in [5, 5.41) is 0.105. The molecule has 0 amide bonds. The molecule has 3 rings (SSSR count).